The van der Waals surface area contributed by atoms with Crippen LogP contribution >= 0.6 is 12.4 Å². The van der Waals surface area contributed by atoms with Gasteiger partial charge in [-0.05, 0) is 36.2 Å². The number of nitrogens with two attached hydrogens (primary N) is 1. The van der Waals surface area contributed by atoms with E-state index in [1.165, 1.54) is 19.4 Å². The normalized spacial score (nSPS) is 10.7. The maximum atomic E-state index is 12.2. The first-order chi connectivity index (χ1) is 12.3. The lowest BCUT2D eigenvalue weighted by molar-refractivity contribution is -0.153. The van der Waals surface area contributed by atoms with Crippen LogP contribution in [0.25, 0.3) is 0 Å². The summed E-state index contributed by atoms with van der Waals surface area (Å²) in [5, 5.41) is 2.68. The molecule has 0 atom stereocenters. The Bertz CT molecular complexity index is 755. The molecule has 3 N–H and O–H groups in total. The number of aryl methyl sites for hydroxylation is 1. The van der Waals surface area contributed by atoms with E-state index in [9.17, 15) is 18.0 Å². The van der Waals surface area contributed by atoms with Crippen molar-refractivity contribution in [1.82, 2.24) is 4.98 Å². The molecule has 6 nitrogen and oxygen atoms in total. The molecular weight excluding hydrogens is 387 g/mol. The van der Waals surface area contributed by atoms with Crippen molar-refractivity contribution in [3.63, 3.8) is 0 Å². The minimum Gasteiger partial charge on any atom is -0.493 e. The van der Waals surface area contributed by atoms with Gasteiger partial charge in [0.2, 0.25) is 5.91 Å². The number of pyridine rings is 1. The number of anilines is 2. The van der Waals surface area contributed by atoms with E-state index >= 15 is 0 Å². The smallest absolute Gasteiger partial charge is 0.422 e. The molecule has 1 amide bonds. The van der Waals surface area contributed by atoms with Gasteiger partial charge in [-0.3, -0.25) is 4.79 Å². The van der Waals surface area contributed by atoms with Gasteiger partial charge >= 0.3 is 6.18 Å². The fraction of sp³-hybridized carbons (Fsp3) is 0.294. The van der Waals surface area contributed by atoms with Crippen LogP contribution in [-0.4, -0.2) is 30.8 Å². The second kappa shape index (κ2) is 9.86. The van der Waals surface area contributed by atoms with Gasteiger partial charge in [-0.1, -0.05) is 6.07 Å². The molecule has 0 radical (unpaired) electrons. The second-order valence-corrected chi connectivity index (χ2v) is 5.41. The average Bonchev–Trinajstić information content (AvgIpc) is 2.59. The molecular formula is C17H19ClF3N3O3. The second-order valence-electron chi connectivity index (χ2n) is 5.41. The number of hydrogen-bond acceptors (Lipinski definition) is 5. The summed E-state index contributed by atoms with van der Waals surface area (Å²) in [7, 11) is 1.33. The number of ether oxygens (including phenoxy) is 2. The zero-order chi connectivity index (χ0) is 19.2. The molecule has 1 aromatic heterocycles. The maximum absolute atomic E-state index is 12.2. The molecule has 1 heterocycles. The highest BCUT2D eigenvalue weighted by molar-refractivity contribution is 5.90. The van der Waals surface area contributed by atoms with Gasteiger partial charge in [0.05, 0.1) is 19.0 Å². The Kier molecular flexibility index (Phi) is 8.17. The monoisotopic (exact) mass is 405 g/mol. The number of carbonyl (C=O) groups is 1. The maximum Gasteiger partial charge on any atom is 0.422 e. The Labute approximate surface area is 160 Å². The summed E-state index contributed by atoms with van der Waals surface area (Å²) in [5.41, 5.74) is 6.72. The van der Waals surface area contributed by atoms with Gasteiger partial charge in [-0.25, -0.2) is 4.98 Å². The van der Waals surface area contributed by atoms with Gasteiger partial charge in [0.1, 0.15) is 5.82 Å². The Balaban J connectivity index is 0.00000364. The molecule has 0 saturated heterocycles. The van der Waals surface area contributed by atoms with Crippen LogP contribution in [-0.2, 0) is 11.2 Å². The number of benzene rings is 1. The Morgan fingerprint density at radius 1 is 1.22 bits per heavy atom. The van der Waals surface area contributed by atoms with Gasteiger partial charge in [0.25, 0.3) is 0 Å². The molecule has 0 saturated carbocycles. The van der Waals surface area contributed by atoms with Crippen molar-refractivity contribution in [3.8, 4) is 11.5 Å². The number of nitrogens with zero attached hydrogens (tertiary/aromatic N) is 1. The zero-order valence-electron chi connectivity index (χ0n) is 14.4. The van der Waals surface area contributed by atoms with E-state index in [0.29, 0.717) is 17.9 Å². The topological polar surface area (TPSA) is 86.5 Å². The van der Waals surface area contributed by atoms with Crippen LogP contribution in [0.1, 0.15) is 12.0 Å². The number of alkyl halides is 3. The fourth-order valence-corrected chi connectivity index (χ4v) is 2.11. The number of amides is 1. The molecule has 2 aromatic rings. The van der Waals surface area contributed by atoms with Gasteiger partial charge in [-0.15, -0.1) is 12.4 Å². The summed E-state index contributed by atoms with van der Waals surface area (Å²) in [6.07, 6.45) is -2.43. The number of nitrogen functional groups attached to an aromatic ring is 1. The molecule has 10 heteroatoms. The number of methoxy groups -OCH3 is 1. The third-order valence-corrected chi connectivity index (χ3v) is 3.33. The summed E-state index contributed by atoms with van der Waals surface area (Å²) < 4.78 is 46.5. The number of aromatic nitrogens is 1. The highest BCUT2D eigenvalue weighted by Crippen LogP contribution is 2.30. The first-order valence-electron chi connectivity index (χ1n) is 7.64. The predicted molar refractivity (Wildman–Crippen MR) is 97.4 cm³/mol. The lowest BCUT2D eigenvalue weighted by atomic mass is 10.1. The highest BCUT2D eigenvalue weighted by atomic mass is 35.5. The third-order valence-electron chi connectivity index (χ3n) is 3.33. The van der Waals surface area contributed by atoms with Crippen LogP contribution in [0.5, 0.6) is 11.5 Å². The van der Waals surface area contributed by atoms with Gasteiger partial charge < -0.3 is 20.5 Å². The molecule has 27 heavy (non-hydrogen) atoms. The van der Waals surface area contributed by atoms with E-state index < -0.39 is 12.8 Å². The van der Waals surface area contributed by atoms with Crippen molar-refractivity contribution < 1.29 is 27.4 Å². The fourth-order valence-electron chi connectivity index (χ4n) is 2.11. The predicted octanol–water partition coefficient (Wildman–Crippen LogP) is 3.61. The minimum atomic E-state index is -4.43. The van der Waals surface area contributed by atoms with Crippen molar-refractivity contribution in [2.24, 2.45) is 0 Å². The quantitative estimate of drug-likeness (QED) is 0.735. The Hall–Kier alpha value is -2.68. The van der Waals surface area contributed by atoms with Gasteiger partial charge in [0, 0.05) is 6.42 Å². The number of nitrogens with one attached hydrogen (secondary N) is 1. The summed E-state index contributed by atoms with van der Waals surface area (Å²) in [4.78, 5) is 15.8. The first-order valence-corrected chi connectivity index (χ1v) is 7.64. The lowest BCUT2D eigenvalue weighted by Crippen LogP contribution is -2.19. The Morgan fingerprint density at radius 3 is 2.56 bits per heavy atom. The van der Waals surface area contributed by atoms with E-state index in [4.69, 9.17) is 15.2 Å². The van der Waals surface area contributed by atoms with Gasteiger partial charge in [-0.2, -0.15) is 13.2 Å². The summed E-state index contributed by atoms with van der Waals surface area (Å²) in [6.45, 7) is -1.40. The highest BCUT2D eigenvalue weighted by Gasteiger charge is 2.29. The van der Waals surface area contributed by atoms with Crippen LogP contribution in [0.4, 0.5) is 24.7 Å². The van der Waals surface area contributed by atoms with Crippen LogP contribution in [0.2, 0.25) is 0 Å². The average molecular weight is 406 g/mol. The van der Waals surface area contributed by atoms with E-state index in [0.717, 1.165) is 5.56 Å². The van der Waals surface area contributed by atoms with Crippen LogP contribution < -0.4 is 20.5 Å². The first kappa shape index (κ1) is 22.4. The standard InChI is InChI=1S/C17H18F3N3O3.ClH/c1-25-14-8-11(2-5-13(14)26-10-17(18,19)20)3-7-16(24)23-12-4-6-15(21)22-9-12;/h2,4-6,8-9H,3,7,10H2,1H3,(H2,21,22)(H,23,24);1H. The molecule has 0 bridgehead atoms. The number of halogens is 4. The minimum absolute atomic E-state index is 0. The van der Waals surface area contributed by atoms with Crippen LogP contribution in [0.3, 0.4) is 0 Å². The summed E-state index contributed by atoms with van der Waals surface area (Å²) in [5.74, 6) is 0.289. The third kappa shape index (κ3) is 7.61. The molecule has 0 aliphatic rings. The Morgan fingerprint density at radius 2 is 1.96 bits per heavy atom. The van der Waals surface area contributed by atoms with E-state index in [2.05, 4.69) is 10.3 Å². The molecule has 0 fully saturated rings. The molecule has 148 valence electrons. The van der Waals surface area contributed by atoms with Gasteiger partial charge in [0.15, 0.2) is 18.1 Å². The number of hydrogen-bond donors (Lipinski definition) is 2. The number of carbonyl (C=O) groups excluding carboxylic acids is 1. The van der Waals surface area contributed by atoms with Crippen molar-refractivity contribution in [2.75, 3.05) is 24.8 Å². The van der Waals surface area contributed by atoms with Crippen molar-refractivity contribution in [2.45, 2.75) is 19.0 Å². The molecule has 1 aromatic carbocycles. The summed E-state index contributed by atoms with van der Waals surface area (Å²) in [6, 6.07) is 7.73. The number of rotatable bonds is 7. The summed E-state index contributed by atoms with van der Waals surface area (Å²) >= 11 is 0. The van der Waals surface area contributed by atoms with Crippen LogP contribution in [0, 0.1) is 0 Å². The molecule has 0 aliphatic heterocycles. The lowest BCUT2D eigenvalue weighted by Gasteiger charge is -2.13. The van der Waals surface area contributed by atoms with Crippen LogP contribution in [0.15, 0.2) is 36.5 Å². The van der Waals surface area contributed by atoms with Crippen molar-refractivity contribution >= 4 is 29.8 Å². The largest absolute Gasteiger partial charge is 0.493 e. The SMILES string of the molecule is COc1cc(CCC(=O)Nc2ccc(N)nc2)ccc1OCC(F)(F)F.Cl. The van der Waals surface area contributed by atoms with E-state index in [1.54, 1.807) is 24.3 Å². The zero-order valence-corrected chi connectivity index (χ0v) is 15.2. The van der Waals surface area contributed by atoms with Crippen molar-refractivity contribution in [3.05, 3.63) is 42.1 Å². The molecule has 2 rings (SSSR count). The van der Waals surface area contributed by atoms with Crippen molar-refractivity contribution in [1.29, 1.82) is 0 Å². The van der Waals surface area contributed by atoms with E-state index in [-0.39, 0.29) is 36.2 Å². The van der Waals surface area contributed by atoms with E-state index in [1.807, 2.05) is 0 Å². The molecule has 0 spiro atoms. The molecule has 0 unspecified atom stereocenters. The molecule has 0 aliphatic carbocycles.